The van der Waals surface area contributed by atoms with Crippen LogP contribution >= 0.6 is 0 Å². The number of piperidine rings is 1. The maximum absolute atomic E-state index is 5.21. The molecule has 3 rings (SSSR count). The third kappa shape index (κ3) is 4.68. The summed E-state index contributed by atoms with van der Waals surface area (Å²) in [5.41, 5.74) is 2.44. The van der Waals surface area contributed by atoms with Crippen LogP contribution in [0.2, 0.25) is 0 Å². The zero-order valence-electron chi connectivity index (χ0n) is 14.5. The third-order valence-electron chi connectivity index (χ3n) is 4.60. The first kappa shape index (κ1) is 16.7. The first-order chi connectivity index (χ1) is 11.7. The molecule has 0 saturated carbocycles. The molecule has 1 aliphatic rings. The van der Waals surface area contributed by atoms with Crippen molar-refractivity contribution in [2.75, 3.05) is 32.1 Å². The molecule has 5 nitrogen and oxygen atoms in total. The van der Waals surface area contributed by atoms with E-state index in [1.807, 2.05) is 31.5 Å². The van der Waals surface area contributed by atoms with Gasteiger partial charge in [0.05, 0.1) is 7.11 Å². The van der Waals surface area contributed by atoms with Gasteiger partial charge in [0.2, 0.25) is 5.95 Å². The van der Waals surface area contributed by atoms with Crippen LogP contribution in [0, 0.1) is 12.8 Å². The molecule has 0 aliphatic carbocycles. The fraction of sp³-hybridized carbons (Fsp3) is 0.474. The number of benzene rings is 1. The van der Waals surface area contributed by atoms with Crippen LogP contribution in [0.25, 0.3) is 0 Å². The number of methoxy groups -OCH3 is 1. The van der Waals surface area contributed by atoms with Crippen LogP contribution in [-0.4, -0.2) is 41.6 Å². The number of nitrogens with one attached hydrogen (secondary N) is 1. The van der Waals surface area contributed by atoms with E-state index in [0.29, 0.717) is 5.92 Å². The van der Waals surface area contributed by atoms with E-state index in [1.54, 1.807) is 7.11 Å². The average Bonchev–Trinajstić information content (AvgIpc) is 2.63. The van der Waals surface area contributed by atoms with Gasteiger partial charge >= 0.3 is 0 Å². The van der Waals surface area contributed by atoms with E-state index in [0.717, 1.165) is 43.4 Å². The lowest BCUT2D eigenvalue weighted by Gasteiger charge is -2.32. The van der Waals surface area contributed by atoms with Crippen molar-refractivity contribution in [3.63, 3.8) is 0 Å². The molecule has 1 saturated heterocycles. The number of rotatable bonds is 6. The molecule has 0 spiro atoms. The zero-order valence-corrected chi connectivity index (χ0v) is 14.5. The van der Waals surface area contributed by atoms with Gasteiger partial charge in [0.25, 0.3) is 0 Å². The van der Waals surface area contributed by atoms with Gasteiger partial charge in [-0.15, -0.1) is 0 Å². The van der Waals surface area contributed by atoms with Crippen molar-refractivity contribution >= 4 is 5.95 Å². The predicted octanol–water partition coefficient (Wildman–Crippen LogP) is 3.12. The molecular formula is C19H26N4O. The lowest BCUT2D eigenvalue weighted by Crippen LogP contribution is -2.35. The Bertz CT molecular complexity index is 619. The summed E-state index contributed by atoms with van der Waals surface area (Å²) >= 11 is 0. The van der Waals surface area contributed by atoms with Gasteiger partial charge in [-0.05, 0) is 62.0 Å². The quantitative estimate of drug-likeness (QED) is 0.884. The number of hydrogen-bond donors (Lipinski definition) is 1. The van der Waals surface area contributed by atoms with Crippen molar-refractivity contribution < 1.29 is 4.74 Å². The van der Waals surface area contributed by atoms with Gasteiger partial charge in [-0.1, -0.05) is 12.1 Å². The molecule has 2 heterocycles. The molecule has 24 heavy (non-hydrogen) atoms. The number of aryl methyl sites for hydroxylation is 1. The fourth-order valence-corrected chi connectivity index (χ4v) is 3.06. The summed E-state index contributed by atoms with van der Waals surface area (Å²) in [5.74, 6) is 2.35. The van der Waals surface area contributed by atoms with Gasteiger partial charge in [-0.3, -0.25) is 4.90 Å². The summed E-state index contributed by atoms with van der Waals surface area (Å²) in [7, 11) is 1.70. The molecule has 1 aliphatic heterocycles. The maximum Gasteiger partial charge on any atom is 0.222 e. The Morgan fingerprint density at radius 2 is 1.79 bits per heavy atom. The minimum atomic E-state index is 0.696. The molecule has 128 valence electrons. The Morgan fingerprint density at radius 3 is 2.42 bits per heavy atom. The summed E-state index contributed by atoms with van der Waals surface area (Å²) in [6.45, 7) is 6.27. The number of hydrogen-bond acceptors (Lipinski definition) is 5. The van der Waals surface area contributed by atoms with E-state index in [1.165, 1.54) is 18.4 Å². The minimum Gasteiger partial charge on any atom is -0.497 e. The molecule has 0 radical (unpaired) electrons. The normalized spacial score (nSPS) is 16.1. The van der Waals surface area contributed by atoms with E-state index >= 15 is 0 Å². The highest BCUT2D eigenvalue weighted by molar-refractivity contribution is 5.27. The van der Waals surface area contributed by atoms with E-state index in [4.69, 9.17) is 4.74 Å². The molecule has 0 amide bonds. The van der Waals surface area contributed by atoms with Gasteiger partial charge in [-0.2, -0.15) is 0 Å². The molecule has 2 aromatic rings. The van der Waals surface area contributed by atoms with Crippen LogP contribution < -0.4 is 10.1 Å². The SMILES string of the molecule is COc1ccc(CN2CCC(CNc3ncc(C)cn3)CC2)cc1. The van der Waals surface area contributed by atoms with Gasteiger partial charge in [0.15, 0.2) is 0 Å². The molecule has 1 aromatic heterocycles. The van der Waals surface area contributed by atoms with Gasteiger partial charge in [0, 0.05) is 25.5 Å². The van der Waals surface area contributed by atoms with Crippen molar-refractivity contribution in [1.82, 2.24) is 14.9 Å². The second-order valence-electron chi connectivity index (χ2n) is 6.53. The number of aromatic nitrogens is 2. The van der Waals surface area contributed by atoms with Crippen molar-refractivity contribution in [3.8, 4) is 5.75 Å². The summed E-state index contributed by atoms with van der Waals surface area (Å²) in [6.07, 6.45) is 6.14. The summed E-state index contributed by atoms with van der Waals surface area (Å²) < 4.78 is 5.21. The minimum absolute atomic E-state index is 0.696. The van der Waals surface area contributed by atoms with E-state index < -0.39 is 0 Å². The molecule has 0 atom stereocenters. The highest BCUT2D eigenvalue weighted by Crippen LogP contribution is 2.20. The van der Waals surface area contributed by atoms with Crippen molar-refractivity contribution in [2.24, 2.45) is 5.92 Å². The molecule has 1 aromatic carbocycles. The van der Waals surface area contributed by atoms with Crippen LogP contribution in [0.5, 0.6) is 5.75 Å². The first-order valence-electron chi connectivity index (χ1n) is 8.61. The van der Waals surface area contributed by atoms with Crippen LogP contribution in [0.1, 0.15) is 24.0 Å². The third-order valence-corrected chi connectivity index (χ3v) is 4.60. The average molecular weight is 326 g/mol. The van der Waals surface area contributed by atoms with Gasteiger partial charge < -0.3 is 10.1 Å². The van der Waals surface area contributed by atoms with Crippen molar-refractivity contribution in [2.45, 2.75) is 26.3 Å². The van der Waals surface area contributed by atoms with Crippen LogP contribution in [-0.2, 0) is 6.54 Å². The molecule has 0 unspecified atom stereocenters. The summed E-state index contributed by atoms with van der Waals surface area (Å²) in [4.78, 5) is 11.1. The second-order valence-corrected chi connectivity index (χ2v) is 6.53. The number of ether oxygens (including phenoxy) is 1. The molecule has 1 fully saturated rings. The number of likely N-dealkylation sites (tertiary alicyclic amines) is 1. The lowest BCUT2D eigenvalue weighted by atomic mass is 9.96. The highest BCUT2D eigenvalue weighted by atomic mass is 16.5. The van der Waals surface area contributed by atoms with E-state index in [2.05, 4.69) is 32.3 Å². The lowest BCUT2D eigenvalue weighted by molar-refractivity contribution is 0.182. The number of nitrogens with zero attached hydrogens (tertiary/aromatic N) is 3. The monoisotopic (exact) mass is 326 g/mol. The Labute approximate surface area is 144 Å². The second kappa shape index (κ2) is 8.11. The van der Waals surface area contributed by atoms with Crippen LogP contribution in [0.4, 0.5) is 5.95 Å². The van der Waals surface area contributed by atoms with Gasteiger partial charge in [-0.25, -0.2) is 9.97 Å². The van der Waals surface area contributed by atoms with E-state index in [9.17, 15) is 0 Å². The van der Waals surface area contributed by atoms with Crippen LogP contribution in [0.15, 0.2) is 36.7 Å². The Balaban J connectivity index is 1.41. The van der Waals surface area contributed by atoms with Gasteiger partial charge in [0.1, 0.15) is 5.75 Å². The smallest absolute Gasteiger partial charge is 0.222 e. The van der Waals surface area contributed by atoms with E-state index in [-0.39, 0.29) is 0 Å². The topological polar surface area (TPSA) is 50.3 Å². The largest absolute Gasteiger partial charge is 0.497 e. The highest BCUT2D eigenvalue weighted by Gasteiger charge is 2.19. The Hall–Kier alpha value is -2.14. The summed E-state index contributed by atoms with van der Waals surface area (Å²) in [5, 5.41) is 3.36. The molecule has 1 N–H and O–H groups in total. The van der Waals surface area contributed by atoms with Crippen molar-refractivity contribution in [3.05, 3.63) is 47.8 Å². The molecule has 5 heteroatoms. The van der Waals surface area contributed by atoms with Crippen molar-refractivity contribution in [1.29, 1.82) is 0 Å². The zero-order chi connectivity index (χ0) is 16.8. The maximum atomic E-state index is 5.21. The molecular weight excluding hydrogens is 300 g/mol. The summed E-state index contributed by atoms with van der Waals surface area (Å²) in [6, 6.07) is 8.38. The Morgan fingerprint density at radius 1 is 1.12 bits per heavy atom. The number of anilines is 1. The van der Waals surface area contributed by atoms with Crippen LogP contribution in [0.3, 0.4) is 0 Å². The fourth-order valence-electron chi connectivity index (χ4n) is 3.06. The molecule has 0 bridgehead atoms. The Kier molecular flexibility index (Phi) is 5.64. The first-order valence-corrected chi connectivity index (χ1v) is 8.61. The predicted molar refractivity (Wildman–Crippen MR) is 96.3 cm³/mol. The standard InChI is InChI=1S/C19H26N4O/c1-15-11-20-19(21-12-15)22-13-16-7-9-23(10-8-16)14-17-3-5-18(24-2)6-4-17/h3-6,11-12,16H,7-10,13-14H2,1-2H3,(H,20,21,22).